The van der Waals surface area contributed by atoms with Gasteiger partial charge in [-0.15, -0.1) is 35.2 Å². The zero-order valence-electron chi connectivity index (χ0n) is 48.3. The molecule has 14 aromatic rings. The van der Waals surface area contributed by atoms with Crippen molar-refractivity contribution >= 4 is 50.5 Å². The monoisotopic (exact) mass is 1280 g/mol. The smallest absolute Gasteiger partial charge is 0.268 e. The molecule has 16 rings (SSSR count). The Morgan fingerprint density at radius 1 is 0.500 bits per heavy atom. The SMILES string of the molecule is CC(C)(C)c1ccnc(-n2c3[c-]c(Oc4[c-]c5c(cc4)C(C)(C)B(c4c(-c6ccccc6)cccc4-c4ccccc4)c4ccc6c7c4n-5[c-][n+]7-c4c(-c5ccccc5)cccc4-c4ccccc4-c4ccccc4-6)ccc3c3ccccc32)c1.[Pt]. The van der Waals surface area contributed by atoms with E-state index >= 15 is 0 Å². The molecule has 86 heavy (non-hydrogen) atoms. The van der Waals surface area contributed by atoms with Crippen LogP contribution in [-0.4, -0.2) is 20.8 Å². The molecule has 0 bridgehead atoms. The van der Waals surface area contributed by atoms with Gasteiger partial charge in [-0.1, -0.05) is 263 Å². The van der Waals surface area contributed by atoms with Crippen molar-refractivity contribution in [1.82, 2.24) is 14.1 Å². The average molecular weight is 1280 g/mol. The van der Waals surface area contributed by atoms with E-state index < -0.39 is 5.31 Å². The summed E-state index contributed by atoms with van der Waals surface area (Å²) in [6.45, 7) is 11.4. The number of para-hydroxylation sites is 2. The summed E-state index contributed by atoms with van der Waals surface area (Å²) < 4.78 is 14.1. The Morgan fingerprint density at radius 3 is 1.69 bits per heavy atom. The van der Waals surface area contributed by atoms with Crippen LogP contribution in [0.15, 0.2) is 255 Å². The number of hydrogen-bond donors (Lipinski definition) is 0. The largest absolute Gasteiger partial charge is 0.510 e. The normalized spacial score (nSPS) is 12.9. The summed E-state index contributed by atoms with van der Waals surface area (Å²) in [5.41, 5.74) is 24.5. The molecule has 0 aliphatic carbocycles. The number of fused-ring (bicyclic) bond motifs is 12. The summed E-state index contributed by atoms with van der Waals surface area (Å²) in [5, 5.41) is 1.63. The number of pyridine rings is 1. The Morgan fingerprint density at radius 2 is 1.03 bits per heavy atom. The second-order valence-corrected chi connectivity index (χ2v) is 24.3. The van der Waals surface area contributed by atoms with Gasteiger partial charge < -0.3 is 13.9 Å². The molecule has 0 saturated carbocycles. The van der Waals surface area contributed by atoms with Gasteiger partial charge in [-0.25, -0.2) is 4.98 Å². The maximum atomic E-state index is 7.14. The minimum atomic E-state index is -0.569. The van der Waals surface area contributed by atoms with E-state index in [-0.39, 0.29) is 33.2 Å². The Kier molecular flexibility index (Phi) is 12.7. The molecule has 5 nitrogen and oxygen atoms in total. The molecule has 414 valence electrons. The van der Waals surface area contributed by atoms with Crippen molar-refractivity contribution in [3.05, 3.63) is 285 Å². The molecule has 11 aromatic carbocycles. The third kappa shape index (κ3) is 8.40. The Labute approximate surface area is 516 Å². The summed E-state index contributed by atoms with van der Waals surface area (Å²) >= 11 is 0. The minimum Gasteiger partial charge on any atom is -0.510 e. The van der Waals surface area contributed by atoms with Crippen molar-refractivity contribution in [2.24, 2.45) is 0 Å². The van der Waals surface area contributed by atoms with Crippen molar-refractivity contribution in [3.63, 3.8) is 0 Å². The molecule has 0 radical (unpaired) electrons. The molecular formula is C79H57BN4OPt-2. The van der Waals surface area contributed by atoms with E-state index in [4.69, 9.17) is 9.72 Å². The molecule has 5 heterocycles. The van der Waals surface area contributed by atoms with Gasteiger partial charge in [0.1, 0.15) is 5.82 Å². The van der Waals surface area contributed by atoms with Gasteiger partial charge in [0, 0.05) is 44.3 Å². The second kappa shape index (κ2) is 20.6. The van der Waals surface area contributed by atoms with Crippen LogP contribution < -0.4 is 20.2 Å². The van der Waals surface area contributed by atoms with Crippen LogP contribution in [0.3, 0.4) is 0 Å². The van der Waals surface area contributed by atoms with E-state index in [1.807, 2.05) is 12.3 Å². The van der Waals surface area contributed by atoms with Crippen LogP contribution in [0.2, 0.25) is 0 Å². The molecule has 0 unspecified atom stereocenters. The van der Waals surface area contributed by atoms with E-state index in [1.54, 1.807) is 0 Å². The Balaban J connectivity index is 0.00000625. The third-order valence-electron chi connectivity index (χ3n) is 17.9. The number of nitrogens with zero attached hydrogens (tertiary/aromatic N) is 4. The van der Waals surface area contributed by atoms with E-state index in [2.05, 4.69) is 309 Å². The number of hydrogen-bond acceptors (Lipinski definition) is 2. The number of ether oxygens (including phenoxy) is 1. The molecular weight excluding hydrogens is 1230 g/mol. The van der Waals surface area contributed by atoms with Gasteiger partial charge in [0.25, 0.3) is 6.33 Å². The summed E-state index contributed by atoms with van der Waals surface area (Å²) in [7, 11) is 0. The fourth-order valence-corrected chi connectivity index (χ4v) is 14.0. The predicted molar refractivity (Wildman–Crippen MR) is 349 cm³/mol. The predicted octanol–water partition coefficient (Wildman–Crippen LogP) is 17.6. The first-order valence-corrected chi connectivity index (χ1v) is 29.4. The van der Waals surface area contributed by atoms with Gasteiger partial charge in [0.05, 0.1) is 16.7 Å². The molecule has 0 saturated heterocycles. The van der Waals surface area contributed by atoms with Crippen LogP contribution in [0.1, 0.15) is 45.7 Å². The molecule has 0 fully saturated rings. The van der Waals surface area contributed by atoms with Gasteiger partial charge in [0.2, 0.25) is 6.71 Å². The van der Waals surface area contributed by atoms with E-state index in [1.165, 1.54) is 49.9 Å². The van der Waals surface area contributed by atoms with Crippen LogP contribution in [-0.2, 0) is 31.8 Å². The Bertz CT molecular complexity index is 4940. The second-order valence-electron chi connectivity index (χ2n) is 24.3. The maximum Gasteiger partial charge on any atom is 0.268 e. The van der Waals surface area contributed by atoms with Gasteiger partial charge in [-0.2, -0.15) is 12.1 Å². The van der Waals surface area contributed by atoms with Crippen LogP contribution >= 0.6 is 0 Å². The van der Waals surface area contributed by atoms with E-state index in [0.717, 1.165) is 89.0 Å². The van der Waals surface area contributed by atoms with E-state index in [9.17, 15) is 0 Å². The summed E-state index contributed by atoms with van der Waals surface area (Å²) in [5.74, 6) is 1.98. The average Bonchev–Trinajstić information content (AvgIpc) is 1.75. The zero-order chi connectivity index (χ0) is 57.1. The van der Waals surface area contributed by atoms with Gasteiger partial charge in [-0.3, -0.25) is 4.57 Å². The van der Waals surface area contributed by atoms with Crippen molar-refractivity contribution in [2.75, 3.05) is 0 Å². The third-order valence-corrected chi connectivity index (χ3v) is 17.9. The van der Waals surface area contributed by atoms with Crippen LogP contribution in [0.5, 0.6) is 11.5 Å². The van der Waals surface area contributed by atoms with Crippen LogP contribution in [0, 0.1) is 18.5 Å². The van der Waals surface area contributed by atoms with Crippen molar-refractivity contribution in [1.29, 1.82) is 0 Å². The molecule has 0 N–H and O–H groups in total. The number of imidazole rings is 1. The molecule has 2 aliphatic rings. The summed E-state index contributed by atoms with van der Waals surface area (Å²) in [4.78, 5) is 4.97. The topological polar surface area (TPSA) is 35.9 Å². The van der Waals surface area contributed by atoms with Gasteiger partial charge in [0.15, 0.2) is 0 Å². The number of rotatable bonds is 7. The number of aromatic nitrogens is 4. The first-order valence-electron chi connectivity index (χ1n) is 29.4. The number of benzene rings is 11. The molecule has 0 amide bonds. The molecule has 7 heteroatoms. The minimum absolute atomic E-state index is 0. The first kappa shape index (κ1) is 53.1. The van der Waals surface area contributed by atoms with Gasteiger partial charge >= 0.3 is 0 Å². The fourth-order valence-electron chi connectivity index (χ4n) is 14.0. The van der Waals surface area contributed by atoms with Crippen LogP contribution in [0.25, 0.3) is 117 Å². The van der Waals surface area contributed by atoms with Crippen molar-refractivity contribution < 1.29 is 30.4 Å². The van der Waals surface area contributed by atoms with Crippen LogP contribution in [0.4, 0.5) is 0 Å². The maximum absolute atomic E-state index is 7.14. The van der Waals surface area contributed by atoms with E-state index in [0.29, 0.717) is 11.5 Å². The zero-order valence-corrected chi connectivity index (χ0v) is 50.6. The first-order chi connectivity index (χ1) is 41.6. The summed E-state index contributed by atoms with van der Waals surface area (Å²) in [6, 6.07) is 98.2. The summed E-state index contributed by atoms with van der Waals surface area (Å²) in [6.07, 6.45) is 6.11. The molecule has 3 aromatic heterocycles. The van der Waals surface area contributed by atoms with Crippen molar-refractivity contribution in [3.8, 4) is 95.5 Å². The van der Waals surface area contributed by atoms with Gasteiger partial charge in [-0.05, 0) is 107 Å². The Hall–Kier alpha value is -9.61. The molecule has 0 atom stereocenters. The standard InChI is InChI=1S/C79H57BN4O.Pt/c1-78(2,3)54-45-46-81-73(47-54)84-70-38-20-19-33-64(70)65-41-39-55(48-71(65)84)85-56-40-43-68-72(49-56)82-50-83-75-59(53-27-13-8-14-28-53)36-22-37-66(75)62-31-17-15-29-60(62)61-30-16-18-32-63(61)67-42-44-69(77(82)76(67)83)80(79(68,4)5)74-57(51-23-9-6-10-24-51)34-21-35-58(74)52-25-11-7-12-26-52;/h6-47H,1-5H3;/q-2;. The molecule has 0 spiro atoms. The molecule has 2 aliphatic heterocycles. The quantitative estimate of drug-likeness (QED) is 0.0906. The van der Waals surface area contributed by atoms with Crippen molar-refractivity contribution in [2.45, 2.75) is 45.3 Å². The fraction of sp³-hybridized carbons (Fsp3) is 0.0886.